The van der Waals surface area contributed by atoms with E-state index in [0.29, 0.717) is 0 Å². The average Bonchev–Trinajstić information content (AvgIpc) is 2.89. The summed E-state index contributed by atoms with van der Waals surface area (Å²) < 4.78 is 5.63. The standard InChI is InChI=1S/C17H24N2O3/c1-11(2)22-15-6-7-16(12(3)8-15)19-17(21)18-14-5-4-13(9-14)10-20/h4-8,11,13-14,20H,9-10H2,1-3H3,(H2,18,19,21)/t13-,14+/m0/s1. The largest absolute Gasteiger partial charge is 0.491 e. The lowest BCUT2D eigenvalue weighted by Gasteiger charge is -2.16. The van der Waals surface area contributed by atoms with Crippen LogP contribution in [0.25, 0.3) is 0 Å². The number of urea groups is 1. The lowest BCUT2D eigenvalue weighted by atomic mass is 10.1. The van der Waals surface area contributed by atoms with Crippen LogP contribution in [0, 0.1) is 12.8 Å². The van der Waals surface area contributed by atoms with Crippen LogP contribution in [0.1, 0.15) is 25.8 Å². The molecule has 2 rings (SSSR count). The molecule has 0 fully saturated rings. The fourth-order valence-electron chi connectivity index (χ4n) is 2.47. The highest BCUT2D eigenvalue weighted by atomic mass is 16.5. The molecule has 1 aromatic carbocycles. The molecule has 0 aliphatic heterocycles. The van der Waals surface area contributed by atoms with Crippen LogP contribution in [0.15, 0.2) is 30.4 Å². The van der Waals surface area contributed by atoms with Crippen molar-refractivity contribution in [1.29, 1.82) is 0 Å². The Morgan fingerprint density at radius 1 is 1.41 bits per heavy atom. The number of benzene rings is 1. The van der Waals surface area contributed by atoms with Crippen LogP contribution in [0.4, 0.5) is 10.5 Å². The molecule has 0 radical (unpaired) electrons. The maximum absolute atomic E-state index is 12.0. The number of hydrogen-bond acceptors (Lipinski definition) is 3. The SMILES string of the molecule is Cc1cc(OC(C)C)ccc1NC(=O)N[C@@H]1C=C[C@H](CO)C1. The van der Waals surface area contributed by atoms with Gasteiger partial charge >= 0.3 is 6.03 Å². The van der Waals surface area contributed by atoms with Gasteiger partial charge in [0.05, 0.1) is 6.10 Å². The summed E-state index contributed by atoms with van der Waals surface area (Å²) in [7, 11) is 0. The van der Waals surface area contributed by atoms with Crippen molar-refractivity contribution >= 4 is 11.7 Å². The van der Waals surface area contributed by atoms with Crippen LogP contribution in [0.5, 0.6) is 5.75 Å². The van der Waals surface area contributed by atoms with E-state index in [1.807, 2.05) is 51.1 Å². The molecule has 0 unspecified atom stereocenters. The summed E-state index contributed by atoms with van der Waals surface area (Å²) in [5.41, 5.74) is 1.71. The van der Waals surface area contributed by atoms with E-state index in [9.17, 15) is 4.79 Å². The predicted octanol–water partition coefficient (Wildman–Crippen LogP) is 2.84. The van der Waals surface area contributed by atoms with Crippen LogP contribution in [0.3, 0.4) is 0 Å². The number of aryl methyl sites for hydroxylation is 1. The average molecular weight is 304 g/mol. The molecule has 5 nitrogen and oxygen atoms in total. The molecule has 2 atom stereocenters. The maximum Gasteiger partial charge on any atom is 0.319 e. The number of amides is 2. The number of ether oxygens (including phenoxy) is 1. The van der Waals surface area contributed by atoms with E-state index in [0.717, 1.165) is 23.4 Å². The summed E-state index contributed by atoms with van der Waals surface area (Å²) in [6, 6.07) is 5.33. The third kappa shape index (κ3) is 4.49. The van der Waals surface area contributed by atoms with Crippen LogP contribution in [-0.4, -0.2) is 29.9 Å². The van der Waals surface area contributed by atoms with Gasteiger partial charge in [-0.25, -0.2) is 4.79 Å². The van der Waals surface area contributed by atoms with E-state index >= 15 is 0 Å². The van der Waals surface area contributed by atoms with Crippen molar-refractivity contribution in [2.75, 3.05) is 11.9 Å². The van der Waals surface area contributed by atoms with Gasteiger partial charge in [-0.1, -0.05) is 12.2 Å². The second-order valence-corrected chi connectivity index (χ2v) is 5.91. The van der Waals surface area contributed by atoms with Crippen molar-refractivity contribution in [2.24, 2.45) is 5.92 Å². The topological polar surface area (TPSA) is 70.6 Å². The van der Waals surface area contributed by atoms with E-state index in [-0.39, 0.29) is 30.7 Å². The maximum atomic E-state index is 12.0. The van der Waals surface area contributed by atoms with E-state index in [1.54, 1.807) is 0 Å². The Hall–Kier alpha value is -2.01. The minimum Gasteiger partial charge on any atom is -0.491 e. The Kier molecular flexibility index (Phi) is 5.44. The third-order valence-electron chi connectivity index (χ3n) is 3.54. The van der Waals surface area contributed by atoms with Gasteiger partial charge in [0, 0.05) is 24.3 Å². The normalized spacial score (nSPS) is 20.2. The summed E-state index contributed by atoms with van der Waals surface area (Å²) >= 11 is 0. The molecule has 2 amide bonds. The first kappa shape index (κ1) is 16.4. The predicted molar refractivity (Wildman–Crippen MR) is 87.2 cm³/mol. The highest BCUT2D eigenvalue weighted by Gasteiger charge is 2.19. The molecule has 1 aliphatic carbocycles. The smallest absolute Gasteiger partial charge is 0.319 e. The van der Waals surface area contributed by atoms with E-state index in [1.165, 1.54) is 0 Å². The van der Waals surface area contributed by atoms with Crippen LogP contribution in [-0.2, 0) is 0 Å². The zero-order valence-electron chi connectivity index (χ0n) is 13.3. The van der Waals surface area contributed by atoms with Gasteiger partial charge in [0.1, 0.15) is 5.75 Å². The summed E-state index contributed by atoms with van der Waals surface area (Å²) in [4.78, 5) is 12.0. The number of aliphatic hydroxyl groups is 1. The summed E-state index contributed by atoms with van der Waals surface area (Å²) in [6.45, 7) is 6.00. The minimum absolute atomic E-state index is 0.0268. The Morgan fingerprint density at radius 2 is 2.18 bits per heavy atom. The number of nitrogens with one attached hydrogen (secondary N) is 2. The molecule has 0 aromatic heterocycles. The molecule has 1 aliphatic rings. The molecule has 22 heavy (non-hydrogen) atoms. The quantitative estimate of drug-likeness (QED) is 0.733. The lowest BCUT2D eigenvalue weighted by Crippen LogP contribution is -2.36. The number of hydrogen-bond donors (Lipinski definition) is 3. The van der Waals surface area contributed by atoms with Crippen molar-refractivity contribution in [3.8, 4) is 5.75 Å². The van der Waals surface area contributed by atoms with Gasteiger partial charge in [-0.15, -0.1) is 0 Å². The van der Waals surface area contributed by atoms with Gasteiger partial charge in [-0.3, -0.25) is 0 Å². The van der Waals surface area contributed by atoms with Crippen molar-refractivity contribution in [3.63, 3.8) is 0 Å². The van der Waals surface area contributed by atoms with Crippen molar-refractivity contribution in [1.82, 2.24) is 5.32 Å². The van der Waals surface area contributed by atoms with Crippen LogP contribution < -0.4 is 15.4 Å². The fourth-order valence-corrected chi connectivity index (χ4v) is 2.47. The van der Waals surface area contributed by atoms with Gasteiger partial charge in [0.25, 0.3) is 0 Å². The van der Waals surface area contributed by atoms with Gasteiger partial charge < -0.3 is 20.5 Å². The molecule has 0 saturated carbocycles. The van der Waals surface area contributed by atoms with Gasteiger partial charge in [0.2, 0.25) is 0 Å². The lowest BCUT2D eigenvalue weighted by molar-refractivity contribution is 0.238. The Bertz CT molecular complexity index is 555. The number of rotatable bonds is 5. The summed E-state index contributed by atoms with van der Waals surface area (Å²) in [5, 5.41) is 14.8. The molecular formula is C17H24N2O3. The number of aliphatic hydroxyl groups excluding tert-OH is 1. The molecule has 0 saturated heterocycles. The molecule has 5 heteroatoms. The first-order valence-corrected chi connectivity index (χ1v) is 7.62. The van der Waals surface area contributed by atoms with Gasteiger partial charge in [-0.2, -0.15) is 0 Å². The van der Waals surface area contributed by atoms with Gasteiger partial charge in [-0.05, 0) is 51.0 Å². The molecule has 3 N–H and O–H groups in total. The van der Waals surface area contributed by atoms with Crippen LogP contribution in [0.2, 0.25) is 0 Å². The molecule has 0 bridgehead atoms. The Morgan fingerprint density at radius 3 is 2.77 bits per heavy atom. The molecule has 120 valence electrons. The minimum atomic E-state index is -0.242. The van der Waals surface area contributed by atoms with E-state index < -0.39 is 0 Å². The fraction of sp³-hybridized carbons (Fsp3) is 0.471. The van der Waals surface area contributed by atoms with Crippen molar-refractivity contribution in [2.45, 2.75) is 39.3 Å². The highest BCUT2D eigenvalue weighted by Crippen LogP contribution is 2.22. The third-order valence-corrected chi connectivity index (χ3v) is 3.54. The Labute approximate surface area is 131 Å². The van der Waals surface area contributed by atoms with E-state index in [4.69, 9.17) is 9.84 Å². The number of carbonyl (C=O) groups is 1. The van der Waals surface area contributed by atoms with Crippen molar-refractivity contribution in [3.05, 3.63) is 35.9 Å². The summed E-state index contributed by atoms with van der Waals surface area (Å²) in [6.07, 6.45) is 4.72. The summed E-state index contributed by atoms with van der Waals surface area (Å²) in [5.74, 6) is 0.933. The van der Waals surface area contributed by atoms with Crippen LogP contribution >= 0.6 is 0 Å². The first-order valence-electron chi connectivity index (χ1n) is 7.62. The first-order chi connectivity index (χ1) is 10.5. The highest BCUT2D eigenvalue weighted by molar-refractivity contribution is 5.90. The van der Waals surface area contributed by atoms with E-state index in [2.05, 4.69) is 10.6 Å². The number of carbonyl (C=O) groups excluding carboxylic acids is 1. The molecule has 0 heterocycles. The number of anilines is 1. The molecule has 0 spiro atoms. The zero-order valence-corrected chi connectivity index (χ0v) is 13.3. The second-order valence-electron chi connectivity index (χ2n) is 5.91. The van der Waals surface area contributed by atoms with Crippen molar-refractivity contribution < 1.29 is 14.6 Å². The zero-order chi connectivity index (χ0) is 16.1. The van der Waals surface area contributed by atoms with Gasteiger partial charge in [0.15, 0.2) is 0 Å². The monoisotopic (exact) mass is 304 g/mol. The molecule has 1 aromatic rings. The molecular weight excluding hydrogens is 280 g/mol. The second kappa shape index (κ2) is 7.31. The Balaban J connectivity index is 1.90.